The van der Waals surface area contributed by atoms with Gasteiger partial charge in [0.2, 0.25) is 0 Å². The number of hydrogen-bond donors (Lipinski definition) is 1. The molecule has 0 saturated heterocycles. The van der Waals surface area contributed by atoms with Crippen molar-refractivity contribution in [3.8, 4) is 11.5 Å². The van der Waals surface area contributed by atoms with E-state index in [1.807, 2.05) is 59.3 Å². The Morgan fingerprint density at radius 1 is 1.16 bits per heavy atom. The molecule has 1 aliphatic rings. The fraction of sp³-hybridized carbons (Fsp3) is 0.158. The van der Waals surface area contributed by atoms with Crippen LogP contribution in [0.4, 0.5) is 0 Å². The molecular weight excluding hydrogens is 318 g/mol. The smallest absolute Gasteiger partial charge is 0.150 e. The lowest BCUT2D eigenvalue weighted by Gasteiger charge is -2.35. The number of benzene rings is 2. The molecule has 6 nitrogen and oxygen atoms in total. The van der Waals surface area contributed by atoms with Crippen LogP contribution in [0.25, 0.3) is 0 Å². The molecule has 1 N–H and O–H groups in total. The molecule has 0 bridgehead atoms. The van der Waals surface area contributed by atoms with Crippen molar-refractivity contribution in [1.29, 1.82) is 0 Å². The van der Waals surface area contributed by atoms with Gasteiger partial charge in [-0.3, -0.25) is 0 Å². The molecule has 3 aromatic rings. The van der Waals surface area contributed by atoms with Gasteiger partial charge in [-0.05, 0) is 29.8 Å². The summed E-state index contributed by atoms with van der Waals surface area (Å²) in [6, 6.07) is 14.9. The third-order valence-electron chi connectivity index (χ3n) is 4.38. The summed E-state index contributed by atoms with van der Waals surface area (Å²) >= 11 is 0. The quantitative estimate of drug-likeness (QED) is 0.588. The van der Waals surface area contributed by atoms with E-state index in [1.165, 1.54) is 0 Å². The van der Waals surface area contributed by atoms with E-state index in [0.717, 1.165) is 16.9 Å². The minimum atomic E-state index is -0.360. The van der Waals surface area contributed by atoms with Gasteiger partial charge in [0, 0.05) is 18.0 Å². The predicted molar refractivity (Wildman–Crippen MR) is 92.4 cm³/mol. The third-order valence-corrected chi connectivity index (χ3v) is 4.38. The van der Waals surface area contributed by atoms with Gasteiger partial charge in [0.25, 0.3) is 0 Å². The Balaban J connectivity index is 1.85. The molecule has 2 atom stereocenters. The number of methoxy groups -OCH3 is 1. The van der Waals surface area contributed by atoms with Gasteiger partial charge in [-0.25, -0.2) is 4.98 Å². The van der Waals surface area contributed by atoms with Crippen LogP contribution < -0.4 is 9.47 Å². The van der Waals surface area contributed by atoms with Gasteiger partial charge in [-0.1, -0.05) is 29.4 Å². The Labute approximate surface area is 145 Å². The highest BCUT2D eigenvalue weighted by Gasteiger charge is 2.38. The average molecular weight is 335 g/mol. The lowest BCUT2D eigenvalue weighted by atomic mass is 9.90. The van der Waals surface area contributed by atoms with E-state index in [4.69, 9.17) is 9.47 Å². The maximum absolute atomic E-state index is 9.73. The normalized spacial score (nSPS) is 20.8. The molecule has 0 aliphatic carbocycles. The summed E-state index contributed by atoms with van der Waals surface area (Å²) in [4.78, 5) is 4.13. The van der Waals surface area contributed by atoms with Crippen molar-refractivity contribution in [2.75, 3.05) is 7.11 Å². The highest BCUT2D eigenvalue weighted by molar-refractivity contribution is 6.06. The number of oxime groups is 1. The molecule has 25 heavy (non-hydrogen) atoms. The van der Waals surface area contributed by atoms with E-state index in [9.17, 15) is 5.21 Å². The number of nitrogens with zero attached hydrogens (tertiary/aromatic N) is 3. The van der Waals surface area contributed by atoms with E-state index >= 15 is 0 Å². The van der Waals surface area contributed by atoms with Gasteiger partial charge >= 0.3 is 0 Å². The summed E-state index contributed by atoms with van der Waals surface area (Å²) in [7, 11) is 1.63. The number of ether oxygens (including phenoxy) is 2. The second kappa shape index (κ2) is 6.32. The van der Waals surface area contributed by atoms with Crippen molar-refractivity contribution in [1.82, 2.24) is 9.55 Å². The summed E-state index contributed by atoms with van der Waals surface area (Å²) in [6.07, 6.45) is 4.87. The van der Waals surface area contributed by atoms with Gasteiger partial charge in [0.05, 0.1) is 13.4 Å². The van der Waals surface area contributed by atoms with Crippen LogP contribution in [0.3, 0.4) is 0 Å². The van der Waals surface area contributed by atoms with Crippen molar-refractivity contribution in [3.63, 3.8) is 0 Å². The summed E-state index contributed by atoms with van der Waals surface area (Å²) in [5.74, 6) is 1.46. The van der Waals surface area contributed by atoms with Crippen LogP contribution in [0.5, 0.6) is 11.5 Å². The highest BCUT2D eigenvalue weighted by Crippen LogP contribution is 2.41. The van der Waals surface area contributed by atoms with E-state index in [-0.39, 0.29) is 12.1 Å². The maximum atomic E-state index is 9.73. The molecule has 2 heterocycles. The SMILES string of the molecule is COc1ccc([C@@H]2Oc3ccccc3/C(=N/O)[C@H]2n2ccnc2)cc1. The Kier molecular flexibility index (Phi) is 3.85. The molecule has 4 rings (SSSR count). The minimum absolute atomic E-state index is 0.337. The molecule has 6 heteroatoms. The van der Waals surface area contributed by atoms with E-state index in [1.54, 1.807) is 19.6 Å². The first-order valence-electron chi connectivity index (χ1n) is 7.91. The summed E-state index contributed by atoms with van der Waals surface area (Å²) in [6.45, 7) is 0. The van der Waals surface area contributed by atoms with Gasteiger partial charge in [0.1, 0.15) is 23.3 Å². The van der Waals surface area contributed by atoms with Crippen molar-refractivity contribution >= 4 is 5.71 Å². The second-order valence-electron chi connectivity index (χ2n) is 5.75. The Bertz CT molecular complexity index is 889. The standard InChI is InChI=1S/C19H17N3O3/c1-24-14-8-6-13(7-9-14)19-18(22-11-10-20-12-22)17(21-23)15-4-2-3-5-16(15)25-19/h2-12,18-19,23H,1H3/b21-17-/t18-,19+/m1/s1. The van der Waals surface area contributed by atoms with Crippen molar-refractivity contribution in [2.45, 2.75) is 12.1 Å². The molecule has 1 aromatic heterocycles. The van der Waals surface area contributed by atoms with Crippen LogP contribution in [-0.2, 0) is 0 Å². The third kappa shape index (κ3) is 2.61. The van der Waals surface area contributed by atoms with Crippen molar-refractivity contribution < 1.29 is 14.7 Å². The summed E-state index contributed by atoms with van der Waals surface area (Å²) in [5, 5.41) is 13.3. The Hall–Kier alpha value is -3.28. The molecule has 0 unspecified atom stereocenters. The topological polar surface area (TPSA) is 68.9 Å². The first-order chi connectivity index (χ1) is 12.3. The van der Waals surface area contributed by atoms with Crippen LogP contribution >= 0.6 is 0 Å². The molecule has 0 radical (unpaired) electrons. The number of para-hydroxylation sites is 1. The molecule has 0 saturated carbocycles. The zero-order valence-electron chi connectivity index (χ0n) is 13.6. The zero-order chi connectivity index (χ0) is 17.2. The molecule has 0 fully saturated rings. The van der Waals surface area contributed by atoms with E-state index in [0.29, 0.717) is 11.5 Å². The van der Waals surface area contributed by atoms with Crippen LogP contribution in [0.1, 0.15) is 23.3 Å². The fourth-order valence-electron chi connectivity index (χ4n) is 3.17. The van der Waals surface area contributed by atoms with Crippen LogP contribution in [0.15, 0.2) is 72.4 Å². The first kappa shape index (κ1) is 15.3. The second-order valence-corrected chi connectivity index (χ2v) is 5.75. The molecule has 1 aliphatic heterocycles. The van der Waals surface area contributed by atoms with Crippen LogP contribution in [0, 0.1) is 0 Å². The van der Waals surface area contributed by atoms with E-state index < -0.39 is 0 Å². The lowest BCUT2D eigenvalue weighted by molar-refractivity contribution is 0.157. The molecule has 2 aromatic carbocycles. The maximum Gasteiger partial charge on any atom is 0.150 e. The summed E-state index contributed by atoms with van der Waals surface area (Å²) < 4.78 is 13.4. The first-order valence-corrected chi connectivity index (χ1v) is 7.91. The van der Waals surface area contributed by atoms with Crippen molar-refractivity contribution in [3.05, 3.63) is 78.4 Å². The molecular formula is C19H17N3O3. The largest absolute Gasteiger partial charge is 0.497 e. The minimum Gasteiger partial charge on any atom is -0.497 e. The van der Waals surface area contributed by atoms with Gasteiger partial charge in [-0.2, -0.15) is 0 Å². The van der Waals surface area contributed by atoms with E-state index in [2.05, 4.69) is 10.1 Å². The van der Waals surface area contributed by atoms with Crippen molar-refractivity contribution in [2.24, 2.45) is 5.16 Å². The Morgan fingerprint density at radius 3 is 2.64 bits per heavy atom. The molecule has 0 amide bonds. The number of rotatable bonds is 3. The highest BCUT2D eigenvalue weighted by atomic mass is 16.5. The molecule has 126 valence electrons. The van der Waals surface area contributed by atoms with Gasteiger partial charge in [0.15, 0.2) is 6.10 Å². The van der Waals surface area contributed by atoms with Gasteiger partial charge in [-0.15, -0.1) is 0 Å². The average Bonchev–Trinajstić information content (AvgIpc) is 3.21. The number of fused-ring (bicyclic) bond motifs is 1. The lowest BCUT2D eigenvalue weighted by Crippen LogP contribution is -2.34. The van der Waals surface area contributed by atoms with Crippen LogP contribution in [-0.4, -0.2) is 27.6 Å². The summed E-state index contributed by atoms with van der Waals surface area (Å²) in [5.41, 5.74) is 2.27. The predicted octanol–water partition coefficient (Wildman–Crippen LogP) is 3.45. The molecule has 0 spiro atoms. The Morgan fingerprint density at radius 2 is 1.96 bits per heavy atom. The number of aromatic nitrogens is 2. The van der Waals surface area contributed by atoms with Crippen LogP contribution in [0.2, 0.25) is 0 Å². The number of hydrogen-bond acceptors (Lipinski definition) is 5. The van der Waals surface area contributed by atoms with Gasteiger partial charge < -0.3 is 19.2 Å². The number of imidazole rings is 1. The fourth-order valence-corrected chi connectivity index (χ4v) is 3.17. The zero-order valence-corrected chi connectivity index (χ0v) is 13.6. The monoisotopic (exact) mass is 335 g/mol.